The van der Waals surface area contributed by atoms with Crippen molar-refractivity contribution >= 4 is 0 Å². The molecule has 2 nitrogen and oxygen atoms in total. The summed E-state index contributed by atoms with van der Waals surface area (Å²) >= 11 is 0. The molecule has 18 heavy (non-hydrogen) atoms. The fourth-order valence-electron chi connectivity index (χ4n) is 3.22. The van der Waals surface area contributed by atoms with Crippen LogP contribution in [0.5, 0.6) is 0 Å². The maximum absolute atomic E-state index is 5.75. The Balaban J connectivity index is 2.23. The number of nitrogens with zero attached hydrogens (tertiary/aromatic N) is 1. The van der Waals surface area contributed by atoms with Crippen LogP contribution in [0.2, 0.25) is 0 Å². The molecule has 0 aromatic heterocycles. The summed E-state index contributed by atoms with van der Waals surface area (Å²) < 4.78 is 0. The quantitative estimate of drug-likeness (QED) is 0.753. The van der Waals surface area contributed by atoms with Crippen molar-refractivity contribution in [3.63, 3.8) is 0 Å². The molecule has 0 spiro atoms. The predicted octanol–water partition coefficient (Wildman–Crippen LogP) is 3.51. The highest BCUT2D eigenvalue weighted by molar-refractivity contribution is 4.77. The molecule has 1 aliphatic heterocycles. The van der Waals surface area contributed by atoms with Crippen molar-refractivity contribution < 1.29 is 0 Å². The summed E-state index contributed by atoms with van der Waals surface area (Å²) in [6, 6.07) is 0. The van der Waals surface area contributed by atoms with Crippen molar-refractivity contribution in [2.45, 2.75) is 59.8 Å². The second-order valence-corrected chi connectivity index (χ2v) is 7.15. The fraction of sp³-hybridized carbons (Fsp3) is 1.00. The van der Waals surface area contributed by atoms with Gasteiger partial charge in [-0.25, -0.2) is 0 Å². The molecule has 0 aromatic carbocycles. The van der Waals surface area contributed by atoms with E-state index in [1.165, 1.54) is 51.7 Å². The van der Waals surface area contributed by atoms with Crippen LogP contribution in [0.1, 0.15) is 59.8 Å². The molecule has 1 fully saturated rings. The van der Waals surface area contributed by atoms with Gasteiger partial charge in [0.1, 0.15) is 0 Å². The van der Waals surface area contributed by atoms with Crippen molar-refractivity contribution in [1.82, 2.24) is 4.90 Å². The van der Waals surface area contributed by atoms with E-state index in [9.17, 15) is 0 Å². The number of rotatable bonds is 7. The minimum Gasteiger partial charge on any atom is -0.330 e. The predicted molar refractivity (Wildman–Crippen MR) is 80.7 cm³/mol. The van der Waals surface area contributed by atoms with Crippen LogP contribution in [0.15, 0.2) is 0 Å². The molecule has 1 aliphatic rings. The minimum atomic E-state index is 0.413. The first kappa shape index (κ1) is 16.0. The summed E-state index contributed by atoms with van der Waals surface area (Å²) in [5.74, 6) is 1.75. The summed E-state index contributed by atoms with van der Waals surface area (Å²) in [4.78, 5) is 2.66. The zero-order valence-electron chi connectivity index (χ0n) is 13.0. The second kappa shape index (κ2) is 7.49. The van der Waals surface area contributed by atoms with Crippen LogP contribution >= 0.6 is 0 Å². The molecule has 0 radical (unpaired) electrons. The van der Waals surface area contributed by atoms with Gasteiger partial charge in [-0.2, -0.15) is 0 Å². The Hall–Kier alpha value is -0.0800. The third-order valence-electron chi connectivity index (χ3n) is 4.71. The van der Waals surface area contributed by atoms with Crippen LogP contribution in [-0.4, -0.2) is 31.1 Å². The summed E-state index contributed by atoms with van der Waals surface area (Å²) in [7, 11) is 0. The number of hydrogen-bond donors (Lipinski definition) is 1. The fourth-order valence-corrected chi connectivity index (χ4v) is 3.22. The van der Waals surface area contributed by atoms with E-state index in [1.54, 1.807) is 0 Å². The summed E-state index contributed by atoms with van der Waals surface area (Å²) in [5, 5.41) is 0. The molecule has 2 N–H and O–H groups in total. The highest BCUT2D eigenvalue weighted by Gasteiger charge is 2.24. The number of hydrogen-bond acceptors (Lipinski definition) is 2. The molecule has 1 saturated heterocycles. The van der Waals surface area contributed by atoms with E-state index >= 15 is 0 Å². The maximum atomic E-state index is 5.75. The largest absolute Gasteiger partial charge is 0.330 e. The molecule has 2 atom stereocenters. The van der Waals surface area contributed by atoms with Crippen LogP contribution < -0.4 is 5.73 Å². The van der Waals surface area contributed by atoms with E-state index in [0.717, 1.165) is 18.4 Å². The maximum Gasteiger partial charge on any atom is 0.00100 e. The molecule has 0 amide bonds. The van der Waals surface area contributed by atoms with Gasteiger partial charge in [-0.1, -0.05) is 34.1 Å². The van der Waals surface area contributed by atoms with Gasteiger partial charge in [-0.3, -0.25) is 0 Å². The first-order valence-corrected chi connectivity index (χ1v) is 7.89. The third-order valence-corrected chi connectivity index (χ3v) is 4.71. The topological polar surface area (TPSA) is 29.3 Å². The molecule has 0 bridgehead atoms. The van der Waals surface area contributed by atoms with E-state index in [-0.39, 0.29) is 0 Å². The third kappa shape index (κ3) is 5.27. The molecule has 2 heteroatoms. The molecule has 0 aliphatic carbocycles. The second-order valence-electron chi connectivity index (χ2n) is 7.15. The Labute approximate surface area is 114 Å². The first-order chi connectivity index (χ1) is 8.47. The standard InChI is InChI=1S/C16H34N2/c1-5-14-9-12-18(13-14)11-6-7-15(8-10-17)16(2,3)4/h14-15H,5-13,17H2,1-4H3. The van der Waals surface area contributed by atoms with Gasteiger partial charge in [-0.15, -0.1) is 0 Å². The molecule has 1 rings (SSSR count). The Morgan fingerprint density at radius 3 is 2.50 bits per heavy atom. The monoisotopic (exact) mass is 254 g/mol. The smallest absolute Gasteiger partial charge is 0.00100 e. The van der Waals surface area contributed by atoms with Gasteiger partial charge in [0.25, 0.3) is 0 Å². The molecule has 108 valence electrons. The average molecular weight is 254 g/mol. The summed E-state index contributed by atoms with van der Waals surface area (Å²) in [6.07, 6.45) is 6.64. The summed E-state index contributed by atoms with van der Waals surface area (Å²) in [6.45, 7) is 14.2. The first-order valence-electron chi connectivity index (χ1n) is 7.89. The van der Waals surface area contributed by atoms with E-state index in [2.05, 4.69) is 32.6 Å². The van der Waals surface area contributed by atoms with Gasteiger partial charge in [0, 0.05) is 6.54 Å². The number of nitrogens with two attached hydrogens (primary N) is 1. The van der Waals surface area contributed by atoms with Crippen LogP contribution in [0.25, 0.3) is 0 Å². The highest BCUT2D eigenvalue weighted by Crippen LogP contribution is 2.32. The molecule has 0 aromatic rings. The molecule has 0 saturated carbocycles. The molecular formula is C16H34N2. The Bertz CT molecular complexity index is 220. The van der Waals surface area contributed by atoms with Crippen molar-refractivity contribution in [1.29, 1.82) is 0 Å². The van der Waals surface area contributed by atoms with Gasteiger partial charge in [-0.05, 0) is 62.6 Å². The lowest BCUT2D eigenvalue weighted by Crippen LogP contribution is -2.26. The van der Waals surface area contributed by atoms with Gasteiger partial charge in [0.2, 0.25) is 0 Å². The van der Waals surface area contributed by atoms with Crippen molar-refractivity contribution in [2.24, 2.45) is 23.0 Å². The zero-order valence-corrected chi connectivity index (χ0v) is 13.0. The van der Waals surface area contributed by atoms with Gasteiger partial charge >= 0.3 is 0 Å². The SMILES string of the molecule is CCC1CCN(CCCC(CCN)C(C)(C)C)C1. The molecule has 1 heterocycles. The highest BCUT2D eigenvalue weighted by atomic mass is 15.1. The van der Waals surface area contributed by atoms with Crippen LogP contribution in [0.3, 0.4) is 0 Å². The van der Waals surface area contributed by atoms with E-state index < -0.39 is 0 Å². The molecule has 2 unspecified atom stereocenters. The Morgan fingerprint density at radius 1 is 1.28 bits per heavy atom. The normalized spacial score (nSPS) is 23.5. The summed E-state index contributed by atoms with van der Waals surface area (Å²) in [5.41, 5.74) is 6.16. The van der Waals surface area contributed by atoms with Gasteiger partial charge < -0.3 is 10.6 Å². The van der Waals surface area contributed by atoms with E-state index in [1.807, 2.05) is 0 Å². The van der Waals surface area contributed by atoms with Crippen LogP contribution in [0.4, 0.5) is 0 Å². The molecular weight excluding hydrogens is 220 g/mol. The van der Waals surface area contributed by atoms with Crippen molar-refractivity contribution in [2.75, 3.05) is 26.2 Å². The van der Waals surface area contributed by atoms with Crippen molar-refractivity contribution in [3.8, 4) is 0 Å². The van der Waals surface area contributed by atoms with Gasteiger partial charge in [0.15, 0.2) is 0 Å². The van der Waals surface area contributed by atoms with Crippen LogP contribution in [0, 0.1) is 17.3 Å². The van der Waals surface area contributed by atoms with E-state index in [0.29, 0.717) is 5.41 Å². The van der Waals surface area contributed by atoms with Gasteiger partial charge in [0.05, 0.1) is 0 Å². The lowest BCUT2D eigenvalue weighted by molar-refractivity contribution is 0.199. The number of likely N-dealkylation sites (tertiary alicyclic amines) is 1. The van der Waals surface area contributed by atoms with Crippen molar-refractivity contribution in [3.05, 3.63) is 0 Å². The average Bonchev–Trinajstić information content (AvgIpc) is 2.74. The Kier molecular flexibility index (Phi) is 6.65. The lowest BCUT2D eigenvalue weighted by atomic mass is 9.76. The lowest BCUT2D eigenvalue weighted by Gasteiger charge is -2.31. The zero-order chi connectivity index (χ0) is 13.6. The minimum absolute atomic E-state index is 0.413. The van der Waals surface area contributed by atoms with E-state index in [4.69, 9.17) is 5.73 Å². The van der Waals surface area contributed by atoms with Crippen LogP contribution in [-0.2, 0) is 0 Å². The Morgan fingerprint density at radius 2 is 2.00 bits per heavy atom.